The van der Waals surface area contributed by atoms with Crippen LogP contribution in [-0.2, 0) is 23.0 Å². The number of hydrogen-bond acceptors (Lipinski definition) is 5. The zero-order valence-corrected chi connectivity index (χ0v) is 20.5. The molecule has 0 aliphatic rings. The van der Waals surface area contributed by atoms with Crippen molar-refractivity contribution in [3.8, 4) is 5.88 Å². The fourth-order valence-electron chi connectivity index (χ4n) is 3.62. The van der Waals surface area contributed by atoms with Gasteiger partial charge < -0.3 is 4.74 Å². The van der Waals surface area contributed by atoms with Gasteiger partial charge in [-0.3, -0.25) is 4.79 Å². The number of aryl methyl sites for hydroxylation is 3. The molecular weight excluding hydrogens is 448 g/mol. The number of carbonyl (C=O) groups excluding carboxylic acids is 1. The molecule has 0 amide bonds. The van der Waals surface area contributed by atoms with Crippen LogP contribution in [-0.4, -0.2) is 29.7 Å². The molecule has 0 saturated carbocycles. The minimum Gasteiger partial charge on any atom is -0.472 e. The first-order valence-corrected chi connectivity index (χ1v) is 12.4. The normalized spacial score (nSPS) is 11.6. The van der Waals surface area contributed by atoms with Crippen molar-refractivity contribution in [2.45, 2.75) is 52.7 Å². The molecule has 1 heterocycles. The molecule has 0 radical (unpaired) electrons. The summed E-state index contributed by atoms with van der Waals surface area (Å²) in [5.74, 6) is -0.0478. The second kappa shape index (κ2) is 9.46. The van der Waals surface area contributed by atoms with E-state index in [1.54, 1.807) is 25.5 Å². The first-order valence-electron chi connectivity index (χ1n) is 10.4. The van der Waals surface area contributed by atoms with Crippen LogP contribution in [0.1, 0.15) is 52.0 Å². The van der Waals surface area contributed by atoms with Crippen molar-refractivity contribution in [3.63, 3.8) is 0 Å². The van der Waals surface area contributed by atoms with E-state index in [2.05, 4.69) is 5.10 Å². The van der Waals surface area contributed by atoms with Crippen LogP contribution in [0.2, 0.25) is 5.02 Å². The highest BCUT2D eigenvalue weighted by Crippen LogP contribution is 2.34. The van der Waals surface area contributed by atoms with E-state index in [0.29, 0.717) is 23.6 Å². The summed E-state index contributed by atoms with van der Waals surface area (Å²) in [7, 11) is -3.48. The van der Waals surface area contributed by atoms with E-state index in [-0.39, 0.29) is 39.2 Å². The Balaban J connectivity index is 2.01. The maximum absolute atomic E-state index is 13.4. The Morgan fingerprint density at radius 1 is 1.09 bits per heavy atom. The van der Waals surface area contributed by atoms with E-state index in [4.69, 9.17) is 16.3 Å². The molecule has 170 valence electrons. The third kappa shape index (κ3) is 4.59. The van der Waals surface area contributed by atoms with Crippen molar-refractivity contribution < 1.29 is 17.9 Å². The number of aromatic nitrogens is 2. The Hall–Kier alpha value is -2.64. The van der Waals surface area contributed by atoms with Crippen molar-refractivity contribution in [2.24, 2.45) is 0 Å². The summed E-state index contributed by atoms with van der Waals surface area (Å²) in [5, 5.41) is 4.41. The Labute approximate surface area is 194 Å². The monoisotopic (exact) mass is 474 g/mol. The molecule has 2 aromatic carbocycles. The molecule has 0 atom stereocenters. The predicted octanol–water partition coefficient (Wildman–Crippen LogP) is 5.09. The molecule has 0 unspecified atom stereocenters. The highest BCUT2D eigenvalue weighted by molar-refractivity contribution is 7.91. The highest BCUT2D eigenvalue weighted by Gasteiger charge is 2.27. The van der Waals surface area contributed by atoms with Gasteiger partial charge in [-0.2, -0.15) is 5.10 Å². The number of hydrogen-bond donors (Lipinski definition) is 0. The van der Waals surface area contributed by atoms with Crippen LogP contribution < -0.4 is 4.74 Å². The second-order valence-corrected chi connectivity index (χ2v) is 10.3. The molecule has 6 nitrogen and oxygen atoms in total. The van der Waals surface area contributed by atoms with Gasteiger partial charge in [-0.05, 0) is 50.5 Å². The molecule has 8 heteroatoms. The second-order valence-electron chi connectivity index (χ2n) is 7.70. The maximum atomic E-state index is 13.4. The zero-order valence-electron chi connectivity index (χ0n) is 18.9. The van der Waals surface area contributed by atoms with Crippen molar-refractivity contribution in [1.29, 1.82) is 0 Å². The van der Waals surface area contributed by atoms with E-state index in [1.807, 2.05) is 38.1 Å². The first kappa shape index (κ1) is 24.0. The van der Waals surface area contributed by atoms with Crippen LogP contribution in [0.3, 0.4) is 0 Å². The van der Waals surface area contributed by atoms with E-state index >= 15 is 0 Å². The topological polar surface area (TPSA) is 78.3 Å². The number of benzene rings is 2. The van der Waals surface area contributed by atoms with Gasteiger partial charge in [0.15, 0.2) is 9.84 Å². The Morgan fingerprint density at radius 2 is 1.75 bits per heavy atom. The number of ketones is 1. The first-order chi connectivity index (χ1) is 15.1. The van der Waals surface area contributed by atoms with Gasteiger partial charge in [-0.15, -0.1) is 0 Å². The number of halogens is 1. The number of rotatable bonds is 8. The Bertz CT molecular complexity index is 1260. The summed E-state index contributed by atoms with van der Waals surface area (Å²) < 4.78 is 32.6. The van der Waals surface area contributed by atoms with Gasteiger partial charge in [-0.1, -0.05) is 48.4 Å². The fraction of sp³-hybridized carbons (Fsp3) is 0.333. The van der Waals surface area contributed by atoms with Gasteiger partial charge >= 0.3 is 0 Å². The molecule has 0 spiro atoms. The summed E-state index contributed by atoms with van der Waals surface area (Å²) >= 11 is 6.51. The minimum absolute atomic E-state index is 0.0431. The highest BCUT2D eigenvalue weighted by atomic mass is 35.5. The zero-order chi connectivity index (χ0) is 23.6. The summed E-state index contributed by atoms with van der Waals surface area (Å²) in [6.45, 7) is 9.61. The van der Waals surface area contributed by atoms with Crippen LogP contribution in [0.5, 0.6) is 5.88 Å². The van der Waals surface area contributed by atoms with Gasteiger partial charge in [0.25, 0.3) is 0 Å². The summed E-state index contributed by atoms with van der Waals surface area (Å²) in [5.41, 5.74) is 3.50. The molecule has 3 aromatic rings. The van der Waals surface area contributed by atoms with Gasteiger partial charge in [0.05, 0.1) is 21.9 Å². The van der Waals surface area contributed by atoms with Crippen molar-refractivity contribution in [2.75, 3.05) is 5.75 Å². The number of ether oxygens (including phenoxy) is 1. The number of sulfone groups is 1. The number of nitrogens with zero attached hydrogens (tertiary/aromatic N) is 2. The molecular formula is C24H27ClN2O4S. The fourth-order valence-corrected chi connectivity index (χ4v) is 5.32. The molecule has 0 aliphatic heterocycles. The van der Waals surface area contributed by atoms with E-state index < -0.39 is 9.84 Å². The Morgan fingerprint density at radius 3 is 2.34 bits per heavy atom. The van der Waals surface area contributed by atoms with E-state index in [0.717, 1.165) is 11.1 Å². The minimum atomic E-state index is -3.48. The molecule has 1 aromatic heterocycles. The lowest BCUT2D eigenvalue weighted by Gasteiger charge is -2.15. The van der Waals surface area contributed by atoms with Crippen molar-refractivity contribution in [3.05, 3.63) is 74.9 Å². The lowest BCUT2D eigenvalue weighted by atomic mass is 10.0. The molecule has 0 N–H and O–H groups in total. The van der Waals surface area contributed by atoms with Gasteiger partial charge in [0.1, 0.15) is 12.2 Å². The quantitative estimate of drug-likeness (QED) is 0.425. The van der Waals surface area contributed by atoms with E-state index in [9.17, 15) is 13.2 Å². The maximum Gasteiger partial charge on any atom is 0.223 e. The largest absolute Gasteiger partial charge is 0.472 e. The van der Waals surface area contributed by atoms with Gasteiger partial charge in [0.2, 0.25) is 11.7 Å². The van der Waals surface area contributed by atoms with E-state index in [1.165, 1.54) is 12.3 Å². The molecule has 0 bridgehead atoms. The SMILES string of the molecule is CCn1ncc(C(=O)c2cc(C)c(S(=O)(=O)CC)c(C)c2Cl)c1OCc1ccc(C)cc1. The van der Waals surface area contributed by atoms with Gasteiger partial charge in [0, 0.05) is 12.1 Å². The molecule has 0 aliphatic carbocycles. The standard InChI is InChI=1S/C24H27ClN2O4S/c1-6-27-24(31-14-18-10-8-15(3)9-11-18)20(13-26-27)22(28)19-12-16(4)23(17(5)21(19)25)32(29,30)7-2/h8-13H,6-7,14H2,1-5H3. The third-order valence-corrected chi connectivity index (χ3v) is 7.89. The molecule has 32 heavy (non-hydrogen) atoms. The lowest BCUT2D eigenvalue weighted by Crippen LogP contribution is -2.12. The molecule has 3 rings (SSSR count). The molecule has 0 fully saturated rings. The summed E-state index contributed by atoms with van der Waals surface area (Å²) in [4.78, 5) is 13.6. The van der Waals surface area contributed by atoms with Crippen molar-refractivity contribution in [1.82, 2.24) is 9.78 Å². The Kier molecular flexibility index (Phi) is 7.10. The summed E-state index contributed by atoms with van der Waals surface area (Å²) in [6, 6.07) is 9.48. The average Bonchev–Trinajstić information content (AvgIpc) is 3.18. The third-order valence-electron chi connectivity index (χ3n) is 5.39. The van der Waals surface area contributed by atoms with Crippen LogP contribution in [0.15, 0.2) is 41.4 Å². The van der Waals surface area contributed by atoms with Crippen molar-refractivity contribution >= 4 is 27.2 Å². The van der Waals surface area contributed by atoms with Crippen LogP contribution in [0, 0.1) is 20.8 Å². The number of carbonyl (C=O) groups is 1. The predicted molar refractivity (Wildman–Crippen MR) is 125 cm³/mol. The van der Waals surface area contributed by atoms with Gasteiger partial charge in [-0.25, -0.2) is 13.1 Å². The van der Waals surface area contributed by atoms with Crippen LogP contribution in [0.25, 0.3) is 0 Å². The summed E-state index contributed by atoms with van der Waals surface area (Å²) in [6.07, 6.45) is 1.47. The smallest absolute Gasteiger partial charge is 0.223 e. The average molecular weight is 475 g/mol. The van der Waals surface area contributed by atoms with Crippen LogP contribution >= 0.6 is 11.6 Å². The molecule has 0 saturated heterocycles. The lowest BCUT2D eigenvalue weighted by molar-refractivity contribution is 0.103. The van der Waals surface area contributed by atoms with Crippen LogP contribution in [0.4, 0.5) is 0 Å².